The largest absolute Gasteiger partial charge is 0.364 e. The number of aromatic amines is 1. The Kier molecular flexibility index (Phi) is 4.05. The van der Waals surface area contributed by atoms with Crippen LogP contribution in [-0.2, 0) is 6.54 Å². The zero-order chi connectivity index (χ0) is 17.2. The van der Waals surface area contributed by atoms with Crippen molar-refractivity contribution in [2.45, 2.75) is 31.7 Å². The van der Waals surface area contributed by atoms with Crippen LogP contribution in [0.2, 0.25) is 0 Å². The Hall–Kier alpha value is -2.96. The lowest BCUT2D eigenvalue weighted by molar-refractivity contribution is 0.0947. The van der Waals surface area contributed by atoms with E-state index >= 15 is 0 Å². The van der Waals surface area contributed by atoms with Gasteiger partial charge in [-0.25, -0.2) is 4.39 Å². The zero-order valence-electron chi connectivity index (χ0n) is 13.5. The minimum absolute atomic E-state index is 0.146. The highest BCUT2D eigenvalue weighted by Gasteiger charge is 2.25. The van der Waals surface area contributed by atoms with E-state index < -0.39 is 0 Å². The molecule has 6 nitrogen and oxygen atoms in total. The molecule has 1 aromatic carbocycles. The summed E-state index contributed by atoms with van der Waals surface area (Å²) in [5, 5.41) is 6.63. The van der Waals surface area contributed by atoms with Gasteiger partial charge in [0.25, 0.3) is 11.8 Å². The molecule has 0 saturated heterocycles. The molecule has 1 aliphatic rings. The van der Waals surface area contributed by atoms with E-state index in [0.717, 1.165) is 18.5 Å². The molecule has 1 fully saturated rings. The molecule has 0 unspecified atom stereocenters. The Morgan fingerprint density at radius 2 is 2.24 bits per heavy atom. The molecule has 0 bridgehead atoms. The monoisotopic (exact) mass is 340 g/mol. The number of hydrogen-bond donors (Lipinski definition) is 2. The summed E-state index contributed by atoms with van der Waals surface area (Å²) in [6, 6.07) is 7.71. The van der Waals surface area contributed by atoms with Gasteiger partial charge in [-0.1, -0.05) is 17.6 Å². The second-order valence-corrected chi connectivity index (χ2v) is 6.14. The molecule has 0 spiro atoms. The summed E-state index contributed by atoms with van der Waals surface area (Å²) in [5.74, 6) is 0.469. The molecule has 1 amide bonds. The van der Waals surface area contributed by atoms with Crippen LogP contribution in [0.15, 0.2) is 41.1 Å². The first kappa shape index (κ1) is 15.6. The van der Waals surface area contributed by atoms with Crippen molar-refractivity contribution >= 4 is 5.91 Å². The van der Waals surface area contributed by atoms with Gasteiger partial charge in [-0.15, -0.1) is 0 Å². The topological polar surface area (TPSA) is 83.8 Å². The first-order valence-corrected chi connectivity index (χ1v) is 8.24. The maximum atomic E-state index is 13.3. The summed E-state index contributed by atoms with van der Waals surface area (Å²) in [6.07, 6.45) is 5.22. The van der Waals surface area contributed by atoms with Gasteiger partial charge in [0.2, 0.25) is 0 Å². The SMILES string of the molecule is O=C(NCc1noc(-c2cccc(F)c2)n1)c1cc[nH]c1C1CCC1. The van der Waals surface area contributed by atoms with E-state index in [9.17, 15) is 9.18 Å². The molecule has 25 heavy (non-hydrogen) atoms. The molecule has 0 atom stereocenters. The number of amides is 1. The third kappa shape index (κ3) is 3.17. The number of nitrogens with one attached hydrogen (secondary N) is 2. The van der Waals surface area contributed by atoms with Crippen LogP contribution in [0.1, 0.15) is 47.1 Å². The van der Waals surface area contributed by atoms with Crippen molar-refractivity contribution in [2.75, 3.05) is 0 Å². The van der Waals surface area contributed by atoms with Crippen LogP contribution >= 0.6 is 0 Å². The van der Waals surface area contributed by atoms with Crippen LogP contribution in [-0.4, -0.2) is 21.0 Å². The fourth-order valence-electron chi connectivity index (χ4n) is 2.93. The fraction of sp³-hybridized carbons (Fsp3) is 0.278. The average Bonchev–Trinajstić information content (AvgIpc) is 3.20. The molecule has 1 saturated carbocycles. The number of nitrogens with zero attached hydrogens (tertiary/aromatic N) is 2. The molecule has 7 heteroatoms. The predicted octanol–water partition coefficient (Wildman–Crippen LogP) is 3.40. The highest BCUT2D eigenvalue weighted by Crippen LogP contribution is 2.37. The quantitative estimate of drug-likeness (QED) is 0.745. The van der Waals surface area contributed by atoms with E-state index in [1.54, 1.807) is 24.4 Å². The lowest BCUT2D eigenvalue weighted by Gasteiger charge is -2.25. The van der Waals surface area contributed by atoms with Crippen molar-refractivity contribution in [2.24, 2.45) is 0 Å². The van der Waals surface area contributed by atoms with Crippen molar-refractivity contribution in [3.05, 3.63) is 59.4 Å². The Morgan fingerprint density at radius 3 is 3.00 bits per heavy atom. The Balaban J connectivity index is 1.42. The van der Waals surface area contributed by atoms with Gasteiger partial charge in [0.15, 0.2) is 5.82 Å². The standard InChI is InChI=1S/C18H17FN4O2/c19-13-6-2-5-12(9-13)18-22-15(23-25-18)10-21-17(24)14-7-8-20-16(14)11-3-1-4-11/h2,5-9,11,20H,1,3-4,10H2,(H,21,24). The second-order valence-electron chi connectivity index (χ2n) is 6.14. The summed E-state index contributed by atoms with van der Waals surface area (Å²) >= 11 is 0. The number of aromatic nitrogens is 3. The predicted molar refractivity (Wildman–Crippen MR) is 88.2 cm³/mol. The molecule has 1 aliphatic carbocycles. The number of hydrogen-bond acceptors (Lipinski definition) is 4. The highest BCUT2D eigenvalue weighted by atomic mass is 19.1. The molecular weight excluding hydrogens is 323 g/mol. The summed E-state index contributed by atoms with van der Waals surface area (Å²) in [5.41, 5.74) is 2.17. The van der Waals surface area contributed by atoms with Gasteiger partial charge in [0, 0.05) is 17.5 Å². The number of benzene rings is 1. The molecule has 2 heterocycles. The van der Waals surface area contributed by atoms with E-state index in [0.29, 0.717) is 22.9 Å². The van der Waals surface area contributed by atoms with Crippen LogP contribution in [0, 0.1) is 5.82 Å². The van der Waals surface area contributed by atoms with Crippen molar-refractivity contribution in [1.29, 1.82) is 0 Å². The lowest BCUT2D eigenvalue weighted by atomic mass is 9.81. The van der Waals surface area contributed by atoms with E-state index in [2.05, 4.69) is 20.4 Å². The smallest absolute Gasteiger partial charge is 0.258 e. The van der Waals surface area contributed by atoms with E-state index in [1.807, 2.05) is 0 Å². The number of carbonyl (C=O) groups is 1. The molecule has 0 aliphatic heterocycles. The molecule has 0 radical (unpaired) electrons. The lowest BCUT2D eigenvalue weighted by Crippen LogP contribution is -2.25. The fourth-order valence-corrected chi connectivity index (χ4v) is 2.93. The van der Waals surface area contributed by atoms with Crippen LogP contribution < -0.4 is 5.32 Å². The molecule has 2 N–H and O–H groups in total. The molecule has 3 aromatic rings. The maximum Gasteiger partial charge on any atom is 0.258 e. The first-order valence-electron chi connectivity index (χ1n) is 8.24. The van der Waals surface area contributed by atoms with Crippen LogP contribution in [0.3, 0.4) is 0 Å². The zero-order valence-corrected chi connectivity index (χ0v) is 13.5. The number of rotatable bonds is 5. The Labute approximate surface area is 143 Å². The van der Waals surface area contributed by atoms with E-state index in [4.69, 9.17) is 4.52 Å². The van der Waals surface area contributed by atoms with E-state index in [1.165, 1.54) is 18.6 Å². The van der Waals surface area contributed by atoms with Gasteiger partial charge in [0.05, 0.1) is 12.1 Å². The first-order chi connectivity index (χ1) is 12.2. The van der Waals surface area contributed by atoms with Crippen molar-refractivity contribution in [3.8, 4) is 11.5 Å². The van der Waals surface area contributed by atoms with Crippen LogP contribution in [0.4, 0.5) is 4.39 Å². The average molecular weight is 340 g/mol. The number of halogens is 1. The summed E-state index contributed by atoms with van der Waals surface area (Å²) in [4.78, 5) is 19.8. The summed E-state index contributed by atoms with van der Waals surface area (Å²) in [7, 11) is 0. The Morgan fingerprint density at radius 1 is 1.36 bits per heavy atom. The molecular formula is C18H17FN4O2. The van der Waals surface area contributed by atoms with Gasteiger partial charge in [-0.3, -0.25) is 4.79 Å². The summed E-state index contributed by atoms with van der Waals surface area (Å²) in [6.45, 7) is 0.146. The number of carbonyl (C=O) groups excluding carboxylic acids is 1. The van der Waals surface area contributed by atoms with Crippen molar-refractivity contribution in [1.82, 2.24) is 20.4 Å². The van der Waals surface area contributed by atoms with Gasteiger partial charge < -0.3 is 14.8 Å². The van der Waals surface area contributed by atoms with E-state index in [-0.39, 0.29) is 24.2 Å². The van der Waals surface area contributed by atoms with Gasteiger partial charge >= 0.3 is 0 Å². The third-order valence-corrected chi connectivity index (χ3v) is 4.48. The Bertz CT molecular complexity index is 898. The minimum atomic E-state index is -0.374. The van der Waals surface area contributed by atoms with Crippen molar-refractivity contribution < 1.29 is 13.7 Å². The van der Waals surface area contributed by atoms with Gasteiger partial charge in [-0.05, 0) is 43.0 Å². The van der Waals surface area contributed by atoms with Crippen LogP contribution in [0.5, 0.6) is 0 Å². The second kappa shape index (κ2) is 6.51. The highest BCUT2D eigenvalue weighted by molar-refractivity contribution is 5.95. The van der Waals surface area contributed by atoms with Crippen LogP contribution in [0.25, 0.3) is 11.5 Å². The number of H-pyrrole nitrogens is 1. The maximum absolute atomic E-state index is 13.3. The molecule has 4 rings (SSSR count). The van der Waals surface area contributed by atoms with Gasteiger partial charge in [-0.2, -0.15) is 4.98 Å². The normalized spacial score (nSPS) is 14.3. The molecule has 2 aromatic heterocycles. The third-order valence-electron chi connectivity index (χ3n) is 4.48. The molecule has 128 valence electrons. The van der Waals surface area contributed by atoms with Gasteiger partial charge in [0.1, 0.15) is 5.82 Å². The van der Waals surface area contributed by atoms with Crippen molar-refractivity contribution in [3.63, 3.8) is 0 Å². The minimum Gasteiger partial charge on any atom is -0.364 e. The summed E-state index contributed by atoms with van der Waals surface area (Å²) < 4.78 is 18.4.